The summed E-state index contributed by atoms with van der Waals surface area (Å²) >= 11 is 7.06. The molecule has 1 atom stereocenters. The van der Waals surface area contributed by atoms with E-state index in [4.69, 9.17) is 16.3 Å². The van der Waals surface area contributed by atoms with Crippen LogP contribution >= 0.6 is 23.4 Å². The predicted molar refractivity (Wildman–Crippen MR) is 140 cm³/mol. The Morgan fingerprint density at radius 1 is 1.17 bits per heavy atom. The van der Waals surface area contributed by atoms with Gasteiger partial charge in [-0.15, -0.1) is 11.8 Å². The number of rotatable bonds is 11. The molecule has 0 aliphatic carbocycles. The molecule has 1 aromatic heterocycles. The Bertz CT molecular complexity index is 1290. The fourth-order valence-electron chi connectivity index (χ4n) is 3.14. The molecule has 3 N–H and O–H groups in total. The number of carbonyl (C=O) groups excluding carboxylic acids is 3. The number of carbonyl (C=O) groups is 3. The van der Waals surface area contributed by atoms with Crippen molar-refractivity contribution < 1.29 is 23.5 Å². The Hall–Kier alpha value is -3.44. The summed E-state index contributed by atoms with van der Waals surface area (Å²) in [6.07, 6.45) is 1.37. The molecule has 12 heteroatoms. The zero-order valence-corrected chi connectivity index (χ0v) is 21.4. The molecule has 9 nitrogen and oxygen atoms in total. The van der Waals surface area contributed by atoms with Gasteiger partial charge in [0, 0.05) is 17.1 Å². The number of amides is 2. The minimum absolute atomic E-state index is 0.0290. The number of thioether (sulfide) groups is 1. The summed E-state index contributed by atoms with van der Waals surface area (Å²) in [7, 11) is 0. The Morgan fingerprint density at radius 3 is 2.64 bits per heavy atom. The molecule has 36 heavy (non-hydrogen) atoms. The average Bonchev–Trinajstić information content (AvgIpc) is 2.82. The number of nitrogens with one attached hydrogen (secondary N) is 3. The molecule has 190 valence electrons. The normalized spacial score (nSPS) is 11.6. The van der Waals surface area contributed by atoms with Crippen LogP contribution in [0.2, 0.25) is 5.02 Å². The van der Waals surface area contributed by atoms with E-state index in [1.54, 1.807) is 19.1 Å². The van der Waals surface area contributed by atoms with Crippen molar-refractivity contribution in [2.45, 2.75) is 26.8 Å². The van der Waals surface area contributed by atoms with E-state index in [1.165, 1.54) is 43.2 Å². The van der Waals surface area contributed by atoms with Gasteiger partial charge in [0.25, 0.3) is 0 Å². The number of anilines is 3. The number of ether oxygens (including phenoxy) is 1. The van der Waals surface area contributed by atoms with Gasteiger partial charge in [-0.2, -0.15) is 0 Å². The van der Waals surface area contributed by atoms with E-state index < -0.39 is 17.8 Å². The van der Waals surface area contributed by atoms with E-state index in [0.29, 0.717) is 40.5 Å². The Balaban J connectivity index is 1.83. The second-order valence-electron chi connectivity index (χ2n) is 7.75. The number of hydrogen-bond acceptors (Lipinski definition) is 8. The number of aromatic nitrogens is 2. The highest BCUT2D eigenvalue weighted by Gasteiger charge is 2.19. The number of fused-ring (bicyclic) bond motifs is 1. The molecule has 0 bridgehead atoms. The SMILES string of the molecule is CCOc1cc2ncnc(Nc3ccc(F)c(Cl)c3)c2cc1NC(=O)[C@H](C)NC(=O)CSCC(C)=O. The molecule has 0 aliphatic rings. The van der Waals surface area contributed by atoms with Gasteiger partial charge in [0.2, 0.25) is 11.8 Å². The summed E-state index contributed by atoms with van der Waals surface area (Å²) in [4.78, 5) is 44.5. The van der Waals surface area contributed by atoms with Crippen molar-refractivity contribution in [3.05, 3.63) is 47.5 Å². The van der Waals surface area contributed by atoms with Crippen LogP contribution in [-0.4, -0.2) is 51.7 Å². The van der Waals surface area contributed by atoms with Gasteiger partial charge in [0.1, 0.15) is 35.5 Å². The third-order valence-corrected chi connectivity index (χ3v) is 6.15. The molecule has 0 unspecified atom stereocenters. The lowest BCUT2D eigenvalue weighted by molar-refractivity contribution is -0.124. The second kappa shape index (κ2) is 12.5. The van der Waals surface area contributed by atoms with E-state index in [9.17, 15) is 18.8 Å². The van der Waals surface area contributed by atoms with Crippen LogP contribution in [0.15, 0.2) is 36.7 Å². The van der Waals surface area contributed by atoms with Crippen LogP contribution in [0.5, 0.6) is 5.75 Å². The van der Waals surface area contributed by atoms with E-state index in [1.807, 2.05) is 6.92 Å². The lowest BCUT2D eigenvalue weighted by atomic mass is 10.1. The number of Topliss-reactive ketones (excluding diaryl/α,β-unsaturated/α-hetero) is 1. The third kappa shape index (κ3) is 7.28. The maximum absolute atomic E-state index is 13.5. The average molecular weight is 534 g/mol. The highest BCUT2D eigenvalue weighted by Crippen LogP contribution is 2.34. The van der Waals surface area contributed by atoms with Gasteiger partial charge in [-0.25, -0.2) is 14.4 Å². The molecule has 2 amide bonds. The van der Waals surface area contributed by atoms with Gasteiger partial charge in [-0.1, -0.05) is 11.6 Å². The topological polar surface area (TPSA) is 122 Å². The molecular weight excluding hydrogens is 509 g/mol. The zero-order valence-electron chi connectivity index (χ0n) is 19.9. The van der Waals surface area contributed by atoms with Gasteiger partial charge < -0.3 is 20.7 Å². The largest absolute Gasteiger partial charge is 0.492 e. The number of nitrogens with zero attached hydrogens (tertiary/aromatic N) is 2. The summed E-state index contributed by atoms with van der Waals surface area (Å²) in [5.41, 5.74) is 1.42. The van der Waals surface area contributed by atoms with E-state index in [-0.39, 0.29) is 28.2 Å². The lowest BCUT2D eigenvalue weighted by Gasteiger charge is -2.17. The highest BCUT2D eigenvalue weighted by molar-refractivity contribution is 8.00. The molecule has 0 radical (unpaired) electrons. The number of hydrogen-bond donors (Lipinski definition) is 3. The zero-order chi connectivity index (χ0) is 26.2. The van der Waals surface area contributed by atoms with Crippen molar-refractivity contribution in [2.75, 3.05) is 28.7 Å². The first-order valence-electron chi connectivity index (χ1n) is 11.0. The van der Waals surface area contributed by atoms with E-state index >= 15 is 0 Å². The number of halogens is 2. The summed E-state index contributed by atoms with van der Waals surface area (Å²) in [6, 6.07) is 6.67. The van der Waals surface area contributed by atoms with Crippen LogP contribution in [0.1, 0.15) is 20.8 Å². The quantitative estimate of drug-likeness (QED) is 0.333. The van der Waals surface area contributed by atoms with Gasteiger partial charge >= 0.3 is 0 Å². The molecule has 3 aromatic rings. The maximum Gasteiger partial charge on any atom is 0.246 e. The first-order chi connectivity index (χ1) is 17.2. The van der Waals surface area contributed by atoms with Gasteiger partial charge in [-0.3, -0.25) is 14.4 Å². The molecular formula is C24H25ClFN5O4S. The van der Waals surface area contributed by atoms with Crippen molar-refractivity contribution in [3.63, 3.8) is 0 Å². The summed E-state index contributed by atoms with van der Waals surface area (Å²) < 4.78 is 19.2. The minimum atomic E-state index is -0.841. The van der Waals surface area contributed by atoms with Crippen LogP contribution < -0.4 is 20.7 Å². The predicted octanol–water partition coefficient (Wildman–Crippen LogP) is 4.33. The molecule has 0 fully saturated rings. The van der Waals surface area contributed by atoms with Crippen molar-refractivity contribution in [2.24, 2.45) is 0 Å². The number of ketones is 1. The molecule has 1 heterocycles. The monoisotopic (exact) mass is 533 g/mol. The second-order valence-corrected chi connectivity index (χ2v) is 9.14. The van der Waals surface area contributed by atoms with Crippen LogP contribution in [0.3, 0.4) is 0 Å². The Morgan fingerprint density at radius 2 is 1.94 bits per heavy atom. The maximum atomic E-state index is 13.5. The molecule has 2 aromatic carbocycles. The molecule has 0 aliphatic heterocycles. The summed E-state index contributed by atoms with van der Waals surface area (Å²) in [6.45, 7) is 5.15. The smallest absolute Gasteiger partial charge is 0.246 e. The Labute approximate surface area is 216 Å². The fraction of sp³-hybridized carbons (Fsp3) is 0.292. The standard InChI is InChI=1S/C24H25ClFN5O4S/c1-4-35-21-9-19-16(23(28-12-27-19)30-15-5-6-18(26)17(25)7-15)8-20(21)31-24(34)14(3)29-22(33)11-36-10-13(2)32/h5-9,12,14H,4,10-11H2,1-3H3,(H,29,33)(H,31,34)(H,27,28,30)/t14-/m0/s1. The van der Waals surface area contributed by atoms with Crippen molar-refractivity contribution in [1.82, 2.24) is 15.3 Å². The van der Waals surface area contributed by atoms with Crippen molar-refractivity contribution in [1.29, 1.82) is 0 Å². The molecule has 3 rings (SSSR count). The lowest BCUT2D eigenvalue weighted by Crippen LogP contribution is -2.42. The van der Waals surface area contributed by atoms with Crippen LogP contribution in [0.25, 0.3) is 10.9 Å². The van der Waals surface area contributed by atoms with Crippen LogP contribution in [0, 0.1) is 5.82 Å². The molecule has 0 spiro atoms. The summed E-state index contributed by atoms with van der Waals surface area (Å²) in [5, 5.41) is 9.00. The van der Waals surface area contributed by atoms with E-state index in [0.717, 1.165) is 0 Å². The van der Waals surface area contributed by atoms with Crippen LogP contribution in [0.4, 0.5) is 21.6 Å². The van der Waals surface area contributed by atoms with Gasteiger partial charge in [0.15, 0.2) is 0 Å². The highest BCUT2D eigenvalue weighted by atomic mass is 35.5. The first kappa shape index (κ1) is 27.2. The fourth-order valence-corrected chi connectivity index (χ4v) is 3.98. The Kier molecular flexibility index (Phi) is 9.43. The van der Waals surface area contributed by atoms with Crippen molar-refractivity contribution >= 4 is 69.1 Å². The van der Waals surface area contributed by atoms with Crippen molar-refractivity contribution in [3.8, 4) is 5.75 Å². The van der Waals surface area contributed by atoms with Gasteiger partial charge in [-0.05, 0) is 45.0 Å². The minimum Gasteiger partial charge on any atom is -0.492 e. The van der Waals surface area contributed by atoms with Crippen LogP contribution in [-0.2, 0) is 14.4 Å². The van der Waals surface area contributed by atoms with E-state index in [2.05, 4.69) is 25.9 Å². The summed E-state index contributed by atoms with van der Waals surface area (Å²) in [5.74, 6) is -0.295. The number of benzene rings is 2. The third-order valence-electron chi connectivity index (χ3n) is 4.79. The molecule has 0 saturated heterocycles. The first-order valence-corrected chi connectivity index (χ1v) is 12.5. The van der Waals surface area contributed by atoms with Gasteiger partial charge in [0.05, 0.1) is 34.3 Å². The molecule has 0 saturated carbocycles.